The van der Waals surface area contributed by atoms with Crippen LogP contribution in [0.15, 0.2) is 58.3 Å². The van der Waals surface area contributed by atoms with Crippen molar-refractivity contribution in [2.24, 2.45) is 0 Å². The summed E-state index contributed by atoms with van der Waals surface area (Å²) in [5.41, 5.74) is 0. The van der Waals surface area contributed by atoms with E-state index < -0.39 is 20.0 Å². The Hall–Kier alpha value is -2.14. The highest BCUT2D eigenvalue weighted by Crippen LogP contribution is 2.33. The summed E-state index contributed by atoms with van der Waals surface area (Å²) in [6.07, 6.45) is 0. The molecule has 8 nitrogen and oxygen atoms in total. The smallest absolute Gasteiger partial charge is 0.257 e. The molecule has 0 unspecified atom stereocenters. The summed E-state index contributed by atoms with van der Waals surface area (Å²) >= 11 is 0. The van der Waals surface area contributed by atoms with Crippen LogP contribution in [0, 0.1) is 0 Å². The van der Waals surface area contributed by atoms with Gasteiger partial charge in [0, 0.05) is 0 Å². The highest BCUT2D eigenvalue weighted by atomic mass is 32.2. The van der Waals surface area contributed by atoms with Crippen LogP contribution < -0.4 is 19.1 Å². The largest absolute Gasteiger partial charge is 0.493 e. The van der Waals surface area contributed by atoms with Crippen molar-refractivity contribution < 1.29 is 26.3 Å². The van der Waals surface area contributed by atoms with Crippen molar-refractivity contribution in [2.45, 2.75) is 9.79 Å². The van der Waals surface area contributed by atoms with E-state index in [1.165, 1.54) is 56.7 Å². The molecule has 24 heavy (non-hydrogen) atoms. The van der Waals surface area contributed by atoms with E-state index in [0.717, 1.165) is 0 Å². The van der Waals surface area contributed by atoms with Crippen LogP contribution in [0.2, 0.25) is 0 Å². The predicted molar refractivity (Wildman–Crippen MR) is 86.6 cm³/mol. The first kappa shape index (κ1) is 18.2. The Morgan fingerprint density at radius 1 is 0.750 bits per heavy atom. The average molecular weight is 372 g/mol. The molecule has 0 aliphatic rings. The van der Waals surface area contributed by atoms with E-state index in [4.69, 9.17) is 9.47 Å². The lowest BCUT2D eigenvalue weighted by atomic mass is 10.3. The van der Waals surface area contributed by atoms with Gasteiger partial charge in [0.15, 0.2) is 11.5 Å². The maximum absolute atomic E-state index is 12.4. The van der Waals surface area contributed by atoms with Gasteiger partial charge in [0.25, 0.3) is 20.0 Å². The minimum atomic E-state index is -4.22. The topological polar surface area (TPSA) is 111 Å². The normalized spacial score (nSPS) is 11.9. The summed E-state index contributed by atoms with van der Waals surface area (Å²) in [5, 5.41) is 0. The minimum absolute atomic E-state index is 0.0357. The number of para-hydroxylation sites is 1. The third kappa shape index (κ3) is 3.85. The Labute approximate surface area is 140 Å². The van der Waals surface area contributed by atoms with Crippen molar-refractivity contribution >= 4 is 20.0 Å². The number of hydrazine groups is 1. The van der Waals surface area contributed by atoms with Gasteiger partial charge in [0.2, 0.25) is 0 Å². The SMILES string of the molecule is COc1cccc(S(=O)(=O)NNS(=O)(=O)c2ccccc2)c1OC. The molecule has 0 fully saturated rings. The lowest BCUT2D eigenvalue weighted by Crippen LogP contribution is -2.41. The Kier molecular flexibility index (Phi) is 5.44. The van der Waals surface area contributed by atoms with E-state index in [9.17, 15) is 16.8 Å². The summed E-state index contributed by atoms with van der Waals surface area (Å²) in [6.45, 7) is 0. The molecular formula is C14H16N2O6S2. The van der Waals surface area contributed by atoms with Crippen LogP contribution in [0.25, 0.3) is 0 Å². The number of methoxy groups -OCH3 is 2. The number of hydrogen-bond donors (Lipinski definition) is 2. The molecule has 0 atom stereocenters. The molecule has 2 aromatic carbocycles. The van der Waals surface area contributed by atoms with Crippen molar-refractivity contribution in [3.63, 3.8) is 0 Å². The van der Waals surface area contributed by atoms with Gasteiger partial charge in [-0.05, 0) is 24.3 Å². The Morgan fingerprint density at radius 3 is 1.96 bits per heavy atom. The van der Waals surface area contributed by atoms with Gasteiger partial charge >= 0.3 is 0 Å². The van der Waals surface area contributed by atoms with Crippen molar-refractivity contribution in [3.05, 3.63) is 48.5 Å². The zero-order valence-corrected chi connectivity index (χ0v) is 14.5. The van der Waals surface area contributed by atoms with E-state index in [1.807, 2.05) is 9.66 Å². The number of sulfonamides is 2. The van der Waals surface area contributed by atoms with Gasteiger partial charge in [-0.15, -0.1) is 9.66 Å². The molecule has 0 spiro atoms. The lowest BCUT2D eigenvalue weighted by Gasteiger charge is -2.14. The summed E-state index contributed by atoms with van der Waals surface area (Å²) in [4.78, 5) is 3.34. The fourth-order valence-corrected chi connectivity index (χ4v) is 4.20. The van der Waals surface area contributed by atoms with Gasteiger partial charge in [-0.25, -0.2) is 16.8 Å². The average Bonchev–Trinajstić information content (AvgIpc) is 2.60. The van der Waals surface area contributed by atoms with Gasteiger partial charge in [0.05, 0.1) is 19.1 Å². The van der Waals surface area contributed by atoms with Gasteiger partial charge in [0.1, 0.15) is 4.90 Å². The van der Waals surface area contributed by atoms with Gasteiger partial charge < -0.3 is 9.47 Å². The predicted octanol–water partition coefficient (Wildman–Crippen LogP) is 0.876. The summed E-state index contributed by atoms with van der Waals surface area (Å²) in [7, 11) is -5.63. The molecule has 130 valence electrons. The van der Waals surface area contributed by atoms with E-state index in [0.29, 0.717) is 0 Å². The summed E-state index contributed by atoms with van der Waals surface area (Å²) in [5.74, 6) is 0.165. The van der Waals surface area contributed by atoms with Crippen LogP contribution in [0.1, 0.15) is 0 Å². The van der Waals surface area contributed by atoms with E-state index in [2.05, 4.69) is 0 Å². The number of rotatable bonds is 7. The minimum Gasteiger partial charge on any atom is -0.493 e. The van der Waals surface area contributed by atoms with Crippen molar-refractivity contribution in [3.8, 4) is 11.5 Å². The molecule has 2 N–H and O–H groups in total. The molecule has 0 heterocycles. The molecular weight excluding hydrogens is 356 g/mol. The quantitative estimate of drug-likeness (QED) is 0.698. The monoisotopic (exact) mass is 372 g/mol. The van der Waals surface area contributed by atoms with Crippen LogP contribution >= 0.6 is 0 Å². The standard InChI is InChI=1S/C14H16N2O6S2/c1-21-12-9-6-10-13(14(12)22-2)24(19,20)16-15-23(17,18)11-7-4-3-5-8-11/h3-10,15-16H,1-2H3. The second-order valence-corrected chi connectivity index (χ2v) is 7.85. The van der Waals surface area contributed by atoms with Crippen LogP contribution in [0.3, 0.4) is 0 Å². The fraction of sp³-hybridized carbons (Fsp3) is 0.143. The van der Waals surface area contributed by atoms with Crippen LogP contribution in [-0.2, 0) is 20.0 Å². The zero-order chi connectivity index (χ0) is 17.8. The Bertz CT molecular complexity index is 912. The summed E-state index contributed by atoms with van der Waals surface area (Å²) < 4.78 is 59.0. The van der Waals surface area contributed by atoms with E-state index in [-0.39, 0.29) is 21.3 Å². The zero-order valence-electron chi connectivity index (χ0n) is 12.9. The van der Waals surface area contributed by atoms with E-state index >= 15 is 0 Å². The van der Waals surface area contributed by atoms with Crippen molar-refractivity contribution in [1.29, 1.82) is 0 Å². The number of hydrogen-bond acceptors (Lipinski definition) is 6. The highest BCUT2D eigenvalue weighted by Gasteiger charge is 2.24. The number of nitrogens with one attached hydrogen (secondary N) is 2. The maximum atomic E-state index is 12.4. The molecule has 0 aliphatic carbocycles. The molecule has 2 aromatic rings. The van der Waals surface area contributed by atoms with Crippen LogP contribution in [0.5, 0.6) is 11.5 Å². The Balaban J connectivity index is 2.30. The van der Waals surface area contributed by atoms with Crippen LogP contribution in [-0.4, -0.2) is 31.1 Å². The molecule has 0 saturated heterocycles. The Morgan fingerprint density at radius 2 is 1.38 bits per heavy atom. The molecule has 0 aromatic heterocycles. The molecule has 0 saturated carbocycles. The lowest BCUT2D eigenvalue weighted by molar-refractivity contribution is 0.346. The van der Waals surface area contributed by atoms with Gasteiger partial charge in [-0.3, -0.25) is 0 Å². The third-order valence-corrected chi connectivity index (χ3v) is 5.68. The maximum Gasteiger partial charge on any atom is 0.257 e. The van der Waals surface area contributed by atoms with Gasteiger partial charge in [-0.1, -0.05) is 24.3 Å². The second-order valence-electron chi connectivity index (χ2n) is 4.52. The van der Waals surface area contributed by atoms with Crippen molar-refractivity contribution in [1.82, 2.24) is 9.66 Å². The first-order valence-corrected chi connectivity index (χ1v) is 9.58. The molecule has 0 radical (unpaired) electrons. The molecule has 0 bridgehead atoms. The first-order chi connectivity index (χ1) is 11.3. The molecule has 10 heteroatoms. The van der Waals surface area contributed by atoms with E-state index in [1.54, 1.807) is 6.07 Å². The highest BCUT2D eigenvalue weighted by molar-refractivity contribution is 7.92. The second kappa shape index (κ2) is 7.18. The van der Waals surface area contributed by atoms with Crippen molar-refractivity contribution in [2.75, 3.05) is 14.2 Å². The first-order valence-electron chi connectivity index (χ1n) is 6.61. The molecule has 0 amide bonds. The van der Waals surface area contributed by atoms with Crippen LogP contribution in [0.4, 0.5) is 0 Å². The van der Waals surface area contributed by atoms with Gasteiger partial charge in [-0.2, -0.15) is 0 Å². The summed E-state index contributed by atoms with van der Waals surface area (Å²) in [6, 6.07) is 11.6. The third-order valence-electron chi connectivity index (χ3n) is 3.02. The molecule has 2 rings (SSSR count). The number of benzene rings is 2. The molecule has 0 aliphatic heterocycles. The number of ether oxygens (including phenoxy) is 2. The fourth-order valence-electron chi connectivity index (χ4n) is 1.89.